The zero-order valence-electron chi connectivity index (χ0n) is 11.2. The average Bonchev–Trinajstić information content (AvgIpc) is 2.46. The lowest BCUT2D eigenvalue weighted by atomic mass is 10.1. The molecule has 0 aliphatic heterocycles. The summed E-state index contributed by atoms with van der Waals surface area (Å²) in [6.07, 6.45) is 0. The Hall–Kier alpha value is -2.48. The van der Waals surface area contributed by atoms with Crippen LogP contribution in [0.5, 0.6) is 0 Å². The molecule has 0 aromatic heterocycles. The van der Waals surface area contributed by atoms with E-state index in [1.165, 1.54) is 24.3 Å². The summed E-state index contributed by atoms with van der Waals surface area (Å²) in [6.45, 7) is 0.0356. The van der Waals surface area contributed by atoms with E-state index in [1.807, 2.05) is 0 Å². The van der Waals surface area contributed by atoms with Crippen molar-refractivity contribution in [3.05, 3.63) is 67.9 Å². The van der Waals surface area contributed by atoms with Crippen molar-refractivity contribution in [1.82, 2.24) is 0 Å². The number of carbonyl (C=O) groups is 1. The van der Waals surface area contributed by atoms with Gasteiger partial charge in [-0.1, -0.05) is 15.9 Å². The van der Waals surface area contributed by atoms with Gasteiger partial charge in [0.15, 0.2) is 0 Å². The molecule has 8 heteroatoms. The van der Waals surface area contributed by atoms with Crippen LogP contribution in [0.2, 0.25) is 0 Å². The van der Waals surface area contributed by atoms with Gasteiger partial charge in [0, 0.05) is 28.2 Å². The molecule has 2 aromatic rings. The highest BCUT2D eigenvalue weighted by Gasteiger charge is 2.16. The third-order valence-electron chi connectivity index (χ3n) is 2.97. The predicted molar refractivity (Wildman–Crippen MR) is 83.0 cm³/mol. The molecule has 0 saturated heterocycles. The molecule has 0 heterocycles. The summed E-state index contributed by atoms with van der Waals surface area (Å²) in [4.78, 5) is 21.5. The minimum atomic E-state index is -0.749. The Morgan fingerprint density at radius 3 is 2.64 bits per heavy atom. The Morgan fingerprint density at radius 2 is 2.05 bits per heavy atom. The summed E-state index contributed by atoms with van der Waals surface area (Å²) in [5.74, 6) is -1.23. The first kappa shape index (κ1) is 15.9. The van der Waals surface area contributed by atoms with Crippen molar-refractivity contribution in [3.63, 3.8) is 0 Å². The van der Waals surface area contributed by atoms with Crippen LogP contribution in [0.25, 0.3) is 0 Å². The molecule has 2 rings (SSSR count). The van der Waals surface area contributed by atoms with Crippen LogP contribution in [0.1, 0.15) is 15.9 Å². The van der Waals surface area contributed by atoms with E-state index in [-0.39, 0.29) is 23.5 Å². The van der Waals surface area contributed by atoms with E-state index in [1.54, 1.807) is 6.07 Å². The van der Waals surface area contributed by atoms with E-state index in [4.69, 9.17) is 5.73 Å². The second-order valence-corrected chi connectivity index (χ2v) is 5.36. The molecule has 22 heavy (non-hydrogen) atoms. The van der Waals surface area contributed by atoms with Crippen molar-refractivity contribution in [2.75, 3.05) is 5.32 Å². The number of amides is 1. The number of benzene rings is 2. The van der Waals surface area contributed by atoms with E-state index in [9.17, 15) is 19.3 Å². The minimum Gasteiger partial charge on any atom is -0.378 e. The van der Waals surface area contributed by atoms with Gasteiger partial charge in [-0.25, -0.2) is 4.39 Å². The zero-order valence-corrected chi connectivity index (χ0v) is 12.8. The second-order valence-electron chi connectivity index (χ2n) is 4.44. The topological polar surface area (TPSA) is 98.3 Å². The molecule has 0 fully saturated rings. The van der Waals surface area contributed by atoms with Crippen molar-refractivity contribution < 1.29 is 14.1 Å². The summed E-state index contributed by atoms with van der Waals surface area (Å²) in [5, 5.41) is 13.8. The number of nitrogens with two attached hydrogens (primary N) is 1. The van der Waals surface area contributed by atoms with Crippen LogP contribution in [0, 0.1) is 15.9 Å². The van der Waals surface area contributed by atoms with E-state index in [0.29, 0.717) is 10.0 Å². The van der Waals surface area contributed by atoms with Gasteiger partial charge >= 0.3 is 0 Å². The fraction of sp³-hybridized carbons (Fsp3) is 0.0714. The van der Waals surface area contributed by atoms with Gasteiger partial charge in [0.05, 0.1) is 10.6 Å². The fourth-order valence-electron chi connectivity index (χ4n) is 1.86. The molecule has 3 N–H and O–H groups in total. The molecule has 0 bridgehead atoms. The molecule has 0 aliphatic carbocycles. The Bertz CT molecular complexity index is 752. The second kappa shape index (κ2) is 6.52. The lowest BCUT2D eigenvalue weighted by Crippen LogP contribution is -2.12. The largest absolute Gasteiger partial charge is 0.378 e. The van der Waals surface area contributed by atoms with Crippen molar-refractivity contribution in [2.45, 2.75) is 6.54 Å². The quantitative estimate of drug-likeness (QED) is 0.625. The average molecular weight is 368 g/mol. The van der Waals surface area contributed by atoms with Gasteiger partial charge in [0.25, 0.3) is 5.69 Å². The van der Waals surface area contributed by atoms with E-state index >= 15 is 0 Å². The summed E-state index contributed by atoms with van der Waals surface area (Å²) < 4.78 is 14.3. The van der Waals surface area contributed by atoms with Gasteiger partial charge < -0.3 is 11.1 Å². The number of hydrogen-bond donors (Lipinski definition) is 2. The molecule has 114 valence electrons. The molecule has 0 aliphatic rings. The highest BCUT2D eigenvalue weighted by atomic mass is 79.9. The van der Waals surface area contributed by atoms with E-state index < -0.39 is 16.6 Å². The molecule has 0 spiro atoms. The van der Waals surface area contributed by atoms with Crippen LogP contribution in [0.4, 0.5) is 15.8 Å². The first-order chi connectivity index (χ1) is 10.4. The summed E-state index contributed by atoms with van der Waals surface area (Å²) in [6, 6.07) is 8.37. The number of rotatable bonds is 5. The first-order valence-corrected chi connectivity index (χ1v) is 6.94. The van der Waals surface area contributed by atoms with Crippen LogP contribution in [-0.4, -0.2) is 10.8 Å². The number of nitrogens with zero attached hydrogens (tertiary/aromatic N) is 1. The number of nitro groups is 1. The monoisotopic (exact) mass is 367 g/mol. The third kappa shape index (κ3) is 3.59. The molecule has 0 atom stereocenters. The molecule has 6 nitrogen and oxygen atoms in total. The van der Waals surface area contributed by atoms with Crippen LogP contribution < -0.4 is 11.1 Å². The number of halogens is 2. The third-order valence-corrected chi connectivity index (χ3v) is 3.46. The van der Waals surface area contributed by atoms with Gasteiger partial charge in [-0.2, -0.15) is 0 Å². The standard InChI is InChI=1S/C14H11BrFN3O3/c15-10-3-4-12(11(16)6-10)18-7-9-2-1-8(14(17)20)5-13(9)19(21)22/h1-6,18H,7H2,(H2,17,20). The highest BCUT2D eigenvalue weighted by molar-refractivity contribution is 9.10. The SMILES string of the molecule is NC(=O)c1ccc(CNc2ccc(Br)cc2F)c([N+](=O)[O-])c1. The van der Waals surface area contributed by atoms with Crippen LogP contribution in [0.15, 0.2) is 40.9 Å². The number of nitrogens with one attached hydrogen (secondary N) is 1. The molecule has 1 amide bonds. The van der Waals surface area contributed by atoms with E-state index in [2.05, 4.69) is 21.2 Å². The smallest absolute Gasteiger partial charge is 0.275 e. The van der Waals surface area contributed by atoms with Crippen molar-refractivity contribution in [1.29, 1.82) is 0 Å². The summed E-state index contributed by atoms with van der Waals surface area (Å²) in [7, 11) is 0. The van der Waals surface area contributed by atoms with Crippen molar-refractivity contribution in [3.8, 4) is 0 Å². The lowest BCUT2D eigenvalue weighted by Gasteiger charge is -2.09. The number of hydrogen-bond acceptors (Lipinski definition) is 4. The minimum absolute atomic E-state index is 0.0356. The maximum Gasteiger partial charge on any atom is 0.275 e. The van der Waals surface area contributed by atoms with Gasteiger partial charge in [0.1, 0.15) is 5.82 Å². The van der Waals surface area contributed by atoms with Gasteiger partial charge in [-0.15, -0.1) is 0 Å². The first-order valence-electron chi connectivity index (χ1n) is 6.14. The van der Waals surface area contributed by atoms with Crippen LogP contribution >= 0.6 is 15.9 Å². The maximum absolute atomic E-state index is 13.7. The van der Waals surface area contributed by atoms with Crippen molar-refractivity contribution in [2.24, 2.45) is 5.73 Å². The van der Waals surface area contributed by atoms with Crippen LogP contribution in [-0.2, 0) is 6.54 Å². The molecule has 0 radical (unpaired) electrons. The predicted octanol–water partition coefficient (Wildman–Crippen LogP) is 3.21. The molecular weight excluding hydrogens is 357 g/mol. The van der Waals surface area contributed by atoms with Gasteiger partial charge in [-0.05, 0) is 30.3 Å². The maximum atomic E-state index is 13.7. The van der Waals surface area contributed by atoms with Crippen LogP contribution in [0.3, 0.4) is 0 Å². The Balaban J connectivity index is 2.25. The van der Waals surface area contributed by atoms with E-state index in [0.717, 1.165) is 6.07 Å². The normalized spacial score (nSPS) is 10.3. The van der Waals surface area contributed by atoms with Gasteiger partial charge in [-0.3, -0.25) is 14.9 Å². The number of carbonyl (C=O) groups excluding carboxylic acids is 1. The zero-order chi connectivity index (χ0) is 16.3. The number of anilines is 1. The lowest BCUT2D eigenvalue weighted by molar-refractivity contribution is -0.385. The molecule has 2 aromatic carbocycles. The Morgan fingerprint density at radius 1 is 1.32 bits per heavy atom. The Kier molecular flexibility index (Phi) is 4.71. The summed E-state index contributed by atoms with van der Waals surface area (Å²) in [5.41, 5.74) is 5.43. The summed E-state index contributed by atoms with van der Waals surface area (Å²) >= 11 is 3.14. The molecular formula is C14H11BrFN3O3. The molecule has 0 unspecified atom stereocenters. The van der Waals surface area contributed by atoms with Crippen molar-refractivity contribution >= 4 is 33.2 Å². The highest BCUT2D eigenvalue weighted by Crippen LogP contribution is 2.24. The fourth-order valence-corrected chi connectivity index (χ4v) is 2.19. The molecule has 0 saturated carbocycles. The Labute approximate surface area is 133 Å². The van der Waals surface area contributed by atoms with Gasteiger partial charge in [0.2, 0.25) is 5.91 Å². The number of primary amides is 1. The number of nitro benzene ring substituents is 1.